The highest BCUT2D eigenvalue weighted by atomic mass is 16.3. The van der Waals surface area contributed by atoms with Gasteiger partial charge in [0.15, 0.2) is 0 Å². The number of piperidine rings is 1. The number of fused-ring (bicyclic) bond motifs is 1. The molecule has 0 aromatic carbocycles. The van der Waals surface area contributed by atoms with E-state index in [1.165, 1.54) is 5.69 Å². The quantitative estimate of drug-likeness (QED) is 0.873. The zero-order valence-corrected chi connectivity index (χ0v) is 10.7. The van der Waals surface area contributed by atoms with Crippen molar-refractivity contribution in [2.45, 2.75) is 32.4 Å². The molecule has 0 unspecified atom stereocenters. The Hall–Kier alpha value is -1.39. The number of aliphatic hydroxyl groups is 1. The summed E-state index contributed by atoms with van der Waals surface area (Å²) < 4.78 is 2.12. The molecular weight excluding hydrogens is 226 g/mol. The molecule has 1 aliphatic heterocycles. The van der Waals surface area contributed by atoms with Crippen LogP contribution in [-0.2, 0) is 6.54 Å². The third-order valence-corrected chi connectivity index (χ3v) is 3.61. The van der Waals surface area contributed by atoms with Gasteiger partial charge in [-0.3, -0.25) is 4.90 Å². The van der Waals surface area contributed by atoms with Crippen LogP contribution in [0.1, 0.15) is 24.2 Å². The Bertz CT molecular complexity index is 549. The number of likely N-dealkylation sites (tertiary alicyclic amines) is 1. The van der Waals surface area contributed by atoms with E-state index in [9.17, 15) is 5.11 Å². The van der Waals surface area contributed by atoms with E-state index in [4.69, 9.17) is 0 Å². The average Bonchev–Trinajstić information content (AvgIpc) is 2.73. The first-order valence-electron chi connectivity index (χ1n) is 6.56. The summed E-state index contributed by atoms with van der Waals surface area (Å²) in [7, 11) is 0. The summed E-state index contributed by atoms with van der Waals surface area (Å²) in [6.07, 6.45) is 3.94. The molecule has 4 heteroatoms. The smallest absolute Gasteiger partial charge is 0.137 e. The van der Waals surface area contributed by atoms with Crippen molar-refractivity contribution in [2.24, 2.45) is 0 Å². The fourth-order valence-electron chi connectivity index (χ4n) is 2.68. The lowest BCUT2D eigenvalue weighted by Gasteiger charge is -2.29. The number of pyridine rings is 1. The Kier molecular flexibility index (Phi) is 3.06. The van der Waals surface area contributed by atoms with Crippen LogP contribution in [0.5, 0.6) is 0 Å². The zero-order chi connectivity index (χ0) is 12.5. The Morgan fingerprint density at radius 1 is 1.44 bits per heavy atom. The molecule has 1 saturated heterocycles. The molecule has 0 radical (unpaired) electrons. The van der Waals surface area contributed by atoms with Gasteiger partial charge in [0.25, 0.3) is 0 Å². The minimum Gasteiger partial charge on any atom is -0.392 e. The molecule has 0 aliphatic carbocycles. The van der Waals surface area contributed by atoms with Crippen LogP contribution in [-0.4, -0.2) is 38.6 Å². The van der Waals surface area contributed by atoms with Crippen molar-refractivity contribution < 1.29 is 5.11 Å². The highest BCUT2D eigenvalue weighted by Gasteiger charge is 2.18. The second-order valence-electron chi connectivity index (χ2n) is 5.16. The molecular formula is C14H19N3O. The molecule has 1 atom stereocenters. The molecule has 0 spiro atoms. The van der Waals surface area contributed by atoms with Gasteiger partial charge in [-0.05, 0) is 38.4 Å². The summed E-state index contributed by atoms with van der Waals surface area (Å²) in [6, 6.07) is 6.15. The summed E-state index contributed by atoms with van der Waals surface area (Å²) in [5, 5.41) is 9.67. The number of nitrogens with zero attached hydrogens (tertiary/aromatic N) is 3. The average molecular weight is 245 g/mol. The number of aromatic nitrogens is 2. The molecule has 3 heterocycles. The normalized spacial score (nSPS) is 21.6. The molecule has 4 nitrogen and oxygen atoms in total. The molecule has 0 saturated carbocycles. The molecule has 1 fully saturated rings. The van der Waals surface area contributed by atoms with Gasteiger partial charge in [0.1, 0.15) is 5.65 Å². The lowest BCUT2D eigenvalue weighted by Crippen LogP contribution is -2.37. The van der Waals surface area contributed by atoms with Crippen LogP contribution >= 0.6 is 0 Å². The standard InChI is InChI=1S/C14H19N3O/c1-11-4-2-6-14-15-12(9-17(11)14)8-16-7-3-5-13(18)10-16/h2,4,6,9,13,18H,3,5,7-8,10H2,1H3/t13-/m1/s1. The van der Waals surface area contributed by atoms with Crippen LogP contribution < -0.4 is 0 Å². The molecule has 2 aromatic rings. The number of imidazole rings is 1. The van der Waals surface area contributed by atoms with Gasteiger partial charge >= 0.3 is 0 Å². The Morgan fingerprint density at radius 3 is 3.11 bits per heavy atom. The minimum absolute atomic E-state index is 0.169. The third-order valence-electron chi connectivity index (χ3n) is 3.61. The molecule has 3 rings (SSSR count). The maximum absolute atomic E-state index is 9.67. The first kappa shape index (κ1) is 11.7. The van der Waals surface area contributed by atoms with Crippen LogP contribution in [0.3, 0.4) is 0 Å². The fraction of sp³-hybridized carbons (Fsp3) is 0.500. The highest BCUT2D eigenvalue weighted by molar-refractivity contribution is 5.41. The molecule has 0 amide bonds. The second kappa shape index (κ2) is 4.71. The van der Waals surface area contributed by atoms with Crippen LogP contribution in [0.4, 0.5) is 0 Å². The van der Waals surface area contributed by atoms with E-state index in [1.807, 2.05) is 12.1 Å². The van der Waals surface area contributed by atoms with E-state index in [0.29, 0.717) is 0 Å². The summed E-state index contributed by atoms with van der Waals surface area (Å²) in [6.45, 7) is 4.75. The SMILES string of the molecule is Cc1cccc2nc(CN3CCC[C@@H](O)C3)cn12. The van der Waals surface area contributed by atoms with Crippen molar-refractivity contribution >= 4 is 5.65 Å². The van der Waals surface area contributed by atoms with Crippen LogP contribution in [0, 0.1) is 6.92 Å². The number of aryl methyl sites for hydroxylation is 1. The van der Waals surface area contributed by atoms with Gasteiger partial charge in [-0.15, -0.1) is 0 Å². The highest BCUT2D eigenvalue weighted by Crippen LogP contribution is 2.14. The Morgan fingerprint density at radius 2 is 2.33 bits per heavy atom. The molecule has 1 aliphatic rings. The van der Waals surface area contributed by atoms with E-state index in [1.54, 1.807) is 0 Å². The van der Waals surface area contributed by atoms with Gasteiger partial charge in [0.2, 0.25) is 0 Å². The van der Waals surface area contributed by atoms with Gasteiger partial charge < -0.3 is 9.51 Å². The van der Waals surface area contributed by atoms with Gasteiger partial charge in [-0.1, -0.05) is 6.07 Å². The number of hydrogen-bond donors (Lipinski definition) is 1. The van der Waals surface area contributed by atoms with Gasteiger partial charge in [0, 0.05) is 25.0 Å². The van der Waals surface area contributed by atoms with Crippen molar-refractivity contribution in [2.75, 3.05) is 13.1 Å². The van der Waals surface area contributed by atoms with Crippen LogP contribution in [0.2, 0.25) is 0 Å². The van der Waals surface area contributed by atoms with Crippen molar-refractivity contribution in [3.05, 3.63) is 35.8 Å². The van der Waals surface area contributed by atoms with Gasteiger partial charge in [-0.2, -0.15) is 0 Å². The Labute approximate surface area is 107 Å². The first-order valence-corrected chi connectivity index (χ1v) is 6.56. The predicted octanol–water partition coefficient (Wildman–Crippen LogP) is 1.60. The number of β-amino-alcohol motifs (C(OH)–C–C–N with tert-alkyl or cyclic N) is 1. The number of aliphatic hydroxyl groups excluding tert-OH is 1. The molecule has 2 aromatic heterocycles. The van der Waals surface area contributed by atoms with Crippen molar-refractivity contribution in [1.29, 1.82) is 0 Å². The largest absolute Gasteiger partial charge is 0.392 e. The number of hydrogen-bond acceptors (Lipinski definition) is 3. The van der Waals surface area contributed by atoms with E-state index in [0.717, 1.165) is 43.8 Å². The van der Waals surface area contributed by atoms with Crippen molar-refractivity contribution in [3.8, 4) is 0 Å². The van der Waals surface area contributed by atoms with Gasteiger partial charge in [0.05, 0.1) is 11.8 Å². The summed E-state index contributed by atoms with van der Waals surface area (Å²) in [4.78, 5) is 6.92. The molecule has 96 valence electrons. The topological polar surface area (TPSA) is 40.8 Å². The van der Waals surface area contributed by atoms with E-state index in [-0.39, 0.29) is 6.10 Å². The van der Waals surface area contributed by atoms with E-state index in [2.05, 4.69) is 33.5 Å². The summed E-state index contributed by atoms with van der Waals surface area (Å²) >= 11 is 0. The van der Waals surface area contributed by atoms with Crippen molar-refractivity contribution in [3.63, 3.8) is 0 Å². The lowest BCUT2D eigenvalue weighted by molar-refractivity contribution is 0.0663. The molecule has 1 N–H and O–H groups in total. The van der Waals surface area contributed by atoms with E-state index >= 15 is 0 Å². The lowest BCUT2D eigenvalue weighted by atomic mass is 10.1. The maximum atomic E-state index is 9.67. The third kappa shape index (κ3) is 2.26. The first-order chi connectivity index (χ1) is 8.72. The monoisotopic (exact) mass is 245 g/mol. The Balaban J connectivity index is 1.80. The molecule has 18 heavy (non-hydrogen) atoms. The molecule has 0 bridgehead atoms. The van der Waals surface area contributed by atoms with E-state index < -0.39 is 0 Å². The maximum Gasteiger partial charge on any atom is 0.137 e. The predicted molar refractivity (Wildman–Crippen MR) is 70.4 cm³/mol. The van der Waals surface area contributed by atoms with Crippen LogP contribution in [0.25, 0.3) is 5.65 Å². The second-order valence-corrected chi connectivity index (χ2v) is 5.16. The van der Waals surface area contributed by atoms with Crippen molar-refractivity contribution in [1.82, 2.24) is 14.3 Å². The zero-order valence-electron chi connectivity index (χ0n) is 10.7. The minimum atomic E-state index is -0.169. The van der Waals surface area contributed by atoms with Crippen LogP contribution in [0.15, 0.2) is 24.4 Å². The summed E-state index contributed by atoms with van der Waals surface area (Å²) in [5.41, 5.74) is 3.28. The fourth-order valence-corrected chi connectivity index (χ4v) is 2.68. The summed E-state index contributed by atoms with van der Waals surface area (Å²) in [5.74, 6) is 0. The number of rotatable bonds is 2. The van der Waals surface area contributed by atoms with Gasteiger partial charge in [-0.25, -0.2) is 4.98 Å².